The van der Waals surface area contributed by atoms with Crippen LogP contribution in [0.3, 0.4) is 0 Å². The molecule has 2 atom stereocenters. The number of nitrogens with zero attached hydrogens (tertiary/aromatic N) is 1. The average Bonchev–Trinajstić information content (AvgIpc) is 3.57. The molecule has 0 aliphatic carbocycles. The number of hydrogen-bond donors (Lipinski definition) is 4. The molecule has 9 nitrogen and oxygen atoms in total. The quantitative estimate of drug-likeness (QED) is 0.211. The van der Waals surface area contributed by atoms with E-state index in [0.29, 0.717) is 30.0 Å². The lowest BCUT2D eigenvalue weighted by atomic mass is 10.0. The first-order chi connectivity index (χ1) is 18.1. The van der Waals surface area contributed by atoms with Gasteiger partial charge < -0.3 is 25.0 Å². The van der Waals surface area contributed by atoms with Gasteiger partial charge in [-0.2, -0.15) is 0 Å². The number of nitrogens with one attached hydrogen (secondary N) is 3. The van der Waals surface area contributed by atoms with Crippen molar-refractivity contribution in [3.05, 3.63) is 77.3 Å². The molecule has 0 fully saturated rings. The standard InChI is InChI=1S/C27H32N4O5S2/c1-18(13-20-15-29-27-22(20)9-5-10-24(27)36-17-25(33)31(2)3)28-16-23(32)19-7-4-8-21(14-19)30-38(34,35)26-11-6-12-37-26/h4-12,14-15,18,23,28-30,32H,13,16-17H2,1-3H3/t18-,23+/m1/s1. The molecule has 4 N–H and O–H groups in total. The summed E-state index contributed by atoms with van der Waals surface area (Å²) < 4.78 is 33.6. The lowest BCUT2D eigenvalue weighted by Gasteiger charge is -2.18. The number of carbonyl (C=O) groups excluding carboxylic acids is 1. The summed E-state index contributed by atoms with van der Waals surface area (Å²) in [5.74, 6) is 0.505. The second-order valence-corrected chi connectivity index (χ2v) is 12.1. The van der Waals surface area contributed by atoms with Gasteiger partial charge in [-0.25, -0.2) is 8.42 Å². The molecule has 0 radical (unpaired) electrons. The summed E-state index contributed by atoms with van der Waals surface area (Å²) in [5, 5.41) is 16.8. The zero-order chi connectivity index (χ0) is 27.3. The number of thiophene rings is 1. The van der Waals surface area contributed by atoms with E-state index in [9.17, 15) is 18.3 Å². The van der Waals surface area contributed by atoms with E-state index in [2.05, 4.69) is 15.0 Å². The summed E-state index contributed by atoms with van der Waals surface area (Å²) in [7, 11) is -0.281. The Morgan fingerprint density at radius 2 is 1.95 bits per heavy atom. The first-order valence-electron chi connectivity index (χ1n) is 12.1. The Hall–Kier alpha value is -3.38. The van der Waals surface area contributed by atoms with Crippen molar-refractivity contribution in [3.63, 3.8) is 0 Å². The van der Waals surface area contributed by atoms with Crippen LogP contribution < -0.4 is 14.8 Å². The van der Waals surface area contributed by atoms with Gasteiger partial charge in [-0.05, 0) is 54.1 Å². The summed E-state index contributed by atoms with van der Waals surface area (Å²) in [5.41, 5.74) is 2.93. The van der Waals surface area contributed by atoms with E-state index < -0.39 is 16.1 Å². The lowest BCUT2D eigenvalue weighted by molar-refractivity contribution is -0.130. The number of ether oxygens (including phenoxy) is 1. The Bertz CT molecular complexity index is 1480. The number of para-hydroxylation sites is 1. The Morgan fingerprint density at radius 1 is 1.16 bits per heavy atom. The number of likely N-dealkylation sites (N-methyl/N-ethyl adjacent to an activating group) is 1. The zero-order valence-corrected chi connectivity index (χ0v) is 23.1. The van der Waals surface area contributed by atoms with Gasteiger partial charge in [-0.3, -0.25) is 9.52 Å². The molecule has 0 aliphatic heterocycles. The van der Waals surface area contributed by atoms with Crippen LogP contribution in [0.5, 0.6) is 5.75 Å². The highest BCUT2D eigenvalue weighted by Gasteiger charge is 2.17. The van der Waals surface area contributed by atoms with Crippen molar-refractivity contribution in [1.29, 1.82) is 0 Å². The maximum atomic E-state index is 12.5. The van der Waals surface area contributed by atoms with Crippen molar-refractivity contribution in [2.24, 2.45) is 0 Å². The van der Waals surface area contributed by atoms with Crippen LogP contribution in [-0.4, -0.2) is 62.6 Å². The maximum absolute atomic E-state index is 12.5. The number of aliphatic hydroxyl groups is 1. The lowest BCUT2D eigenvalue weighted by Crippen LogP contribution is -2.32. The molecule has 0 aliphatic rings. The van der Waals surface area contributed by atoms with Crippen molar-refractivity contribution in [1.82, 2.24) is 15.2 Å². The van der Waals surface area contributed by atoms with E-state index >= 15 is 0 Å². The predicted molar refractivity (Wildman–Crippen MR) is 150 cm³/mol. The Kier molecular flexibility index (Phi) is 8.72. The Balaban J connectivity index is 1.35. The molecule has 202 valence electrons. The molecule has 2 aromatic heterocycles. The number of carbonyl (C=O) groups is 1. The SMILES string of the molecule is C[C@H](Cc1c[nH]c2c(OCC(=O)N(C)C)cccc12)NC[C@H](O)c1cccc(NS(=O)(=O)c2cccs2)c1. The molecule has 0 saturated carbocycles. The number of amides is 1. The molecule has 4 rings (SSSR count). The maximum Gasteiger partial charge on any atom is 0.271 e. The van der Waals surface area contributed by atoms with Crippen LogP contribution in [0.25, 0.3) is 10.9 Å². The van der Waals surface area contributed by atoms with E-state index in [1.54, 1.807) is 55.9 Å². The van der Waals surface area contributed by atoms with Gasteiger partial charge in [0.1, 0.15) is 9.96 Å². The van der Waals surface area contributed by atoms with Crippen LogP contribution in [0.2, 0.25) is 0 Å². The fourth-order valence-electron chi connectivity index (χ4n) is 4.01. The molecule has 0 saturated heterocycles. The number of aromatic nitrogens is 1. The van der Waals surface area contributed by atoms with Gasteiger partial charge in [0.25, 0.3) is 15.9 Å². The normalized spacial score (nSPS) is 13.3. The minimum absolute atomic E-state index is 0.0347. The molecule has 4 aromatic rings. The van der Waals surface area contributed by atoms with Crippen molar-refractivity contribution < 1.29 is 23.1 Å². The summed E-state index contributed by atoms with van der Waals surface area (Å²) >= 11 is 1.14. The summed E-state index contributed by atoms with van der Waals surface area (Å²) in [6, 6.07) is 15.8. The highest BCUT2D eigenvalue weighted by Crippen LogP contribution is 2.28. The number of H-pyrrole nitrogens is 1. The van der Waals surface area contributed by atoms with Gasteiger partial charge in [0.2, 0.25) is 0 Å². The van der Waals surface area contributed by atoms with Crippen molar-refractivity contribution in [2.75, 3.05) is 32.0 Å². The molecule has 1 amide bonds. The zero-order valence-electron chi connectivity index (χ0n) is 21.5. The summed E-state index contributed by atoms with van der Waals surface area (Å²) in [4.78, 5) is 16.6. The molecule has 0 unspecified atom stereocenters. The summed E-state index contributed by atoms with van der Waals surface area (Å²) in [6.45, 7) is 2.30. The average molecular weight is 557 g/mol. The largest absolute Gasteiger partial charge is 0.482 e. The minimum Gasteiger partial charge on any atom is -0.482 e. The smallest absolute Gasteiger partial charge is 0.271 e. The van der Waals surface area contributed by atoms with Crippen LogP contribution in [0, 0.1) is 0 Å². The highest BCUT2D eigenvalue weighted by atomic mass is 32.2. The molecule has 11 heteroatoms. The van der Waals surface area contributed by atoms with Crippen LogP contribution in [0.4, 0.5) is 5.69 Å². The summed E-state index contributed by atoms with van der Waals surface area (Å²) in [6.07, 6.45) is 1.82. The Labute approximate surface area is 226 Å². The number of hydrogen-bond acceptors (Lipinski definition) is 7. The van der Waals surface area contributed by atoms with E-state index in [-0.39, 0.29) is 22.8 Å². The van der Waals surface area contributed by atoms with Gasteiger partial charge >= 0.3 is 0 Å². The molecule has 0 spiro atoms. The second kappa shape index (κ2) is 12.0. The molecule has 0 bridgehead atoms. The third-order valence-electron chi connectivity index (χ3n) is 6.08. The van der Waals surface area contributed by atoms with Gasteiger partial charge in [0.15, 0.2) is 6.61 Å². The van der Waals surface area contributed by atoms with Gasteiger partial charge in [0, 0.05) is 44.0 Å². The molecular weight excluding hydrogens is 524 g/mol. The molecule has 2 aromatic carbocycles. The van der Waals surface area contributed by atoms with Crippen LogP contribution in [0.1, 0.15) is 24.2 Å². The number of sulfonamides is 1. The minimum atomic E-state index is -3.66. The molecule has 2 heterocycles. The van der Waals surface area contributed by atoms with E-state index in [1.807, 2.05) is 31.3 Å². The fourth-order valence-corrected chi connectivity index (χ4v) is 6.05. The monoisotopic (exact) mass is 556 g/mol. The van der Waals surface area contributed by atoms with Gasteiger partial charge in [-0.1, -0.05) is 30.3 Å². The fraction of sp³-hybridized carbons (Fsp3) is 0.296. The second-order valence-electron chi connectivity index (χ2n) is 9.26. The van der Waals surface area contributed by atoms with Crippen molar-refractivity contribution in [3.8, 4) is 5.75 Å². The number of benzene rings is 2. The third-order valence-corrected chi connectivity index (χ3v) is 8.86. The number of rotatable bonds is 12. The first-order valence-corrected chi connectivity index (χ1v) is 14.5. The van der Waals surface area contributed by atoms with Crippen LogP contribution in [0.15, 0.2) is 70.4 Å². The molecular formula is C27H32N4O5S2. The van der Waals surface area contributed by atoms with Gasteiger partial charge in [0.05, 0.1) is 11.6 Å². The number of fused-ring (bicyclic) bond motifs is 1. The first kappa shape index (κ1) is 27.6. The topological polar surface area (TPSA) is 124 Å². The molecule has 38 heavy (non-hydrogen) atoms. The highest BCUT2D eigenvalue weighted by molar-refractivity contribution is 7.94. The number of aliphatic hydroxyl groups excluding tert-OH is 1. The van der Waals surface area contributed by atoms with Crippen LogP contribution in [-0.2, 0) is 21.2 Å². The third kappa shape index (κ3) is 6.73. The van der Waals surface area contributed by atoms with Gasteiger partial charge in [-0.15, -0.1) is 11.3 Å². The van der Waals surface area contributed by atoms with E-state index in [0.717, 1.165) is 27.8 Å². The number of anilines is 1. The van der Waals surface area contributed by atoms with E-state index in [4.69, 9.17) is 4.74 Å². The van der Waals surface area contributed by atoms with Crippen LogP contribution >= 0.6 is 11.3 Å². The van der Waals surface area contributed by atoms with Crippen molar-refractivity contribution in [2.45, 2.75) is 29.7 Å². The number of aromatic amines is 1. The predicted octanol–water partition coefficient (Wildman–Crippen LogP) is 3.75. The van der Waals surface area contributed by atoms with Crippen molar-refractivity contribution >= 4 is 43.9 Å². The van der Waals surface area contributed by atoms with E-state index in [1.165, 1.54) is 4.90 Å². The Morgan fingerprint density at radius 3 is 2.68 bits per heavy atom.